The first kappa shape index (κ1) is 13.5. The molecule has 0 bridgehead atoms. The summed E-state index contributed by atoms with van der Waals surface area (Å²) in [5.41, 5.74) is 5.50. The second kappa shape index (κ2) is 7.66. The van der Waals surface area contributed by atoms with Gasteiger partial charge in [-0.2, -0.15) is 0 Å². The summed E-state index contributed by atoms with van der Waals surface area (Å²) >= 11 is 0. The third-order valence-corrected chi connectivity index (χ3v) is 3.45. The van der Waals surface area contributed by atoms with Crippen LogP contribution < -0.4 is 5.73 Å². The van der Waals surface area contributed by atoms with Crippen LogP contribution in [0.15, 0.2) is 0 Å². The minimum Gasteiger partial charge on any atom is -0.465 e. The molecular weight excluding hydrogens is 202 g/mol. The Morgan fingerprint density at radius 1 is 1.38 bits per heavy atom. The highest BCUT2D eigenvalue weighted by Crippen LogP contribution is 2.23. The first-order valence-electron chi connectivity index (χ1n) is 6.58. The van der Waals surface area contributed by atoms with Crippen molar-refractivity contribution in [1.82, 2.24) is 0 Å². The molecule has 3 heteroatoms. The van der Waals surface area contributed by atoms with Gasteiger partial charge in [0.15, 0.2) is 0 Å². The van der Waals surface area contributed by atoms with E-state index < -0.39 is 0 Å². The largest absolute Gasteiger partial charge is 0.465 e. The van der Waals surface area contributed by atoms with Crippen LogP contribution in [0.2, 0.25) is 0 Å². The summed E-state index contributed by atoms with van der Waals surface area (Å²) in [6, 6.07) is 0. The summed E-state index contributed by atoms with van der Waals surface area (Å²) in [6.45, 7) is 3.35. The first-order valence-corrected chi connectivity index (χ1v) is 6.58. The maximum absolute atomic E-state index is 11.4. The van der Waals surface area contributed by atoms with Gasteiger partial charge in [0.05, 0.1) is 6.61 Å². The van der Waals surface area contributed by atoms with Crippen molar-refractivity contribution in [3.05, 3.63) is 0 Å². The van der Waals surface area contributed by atoms with Gasteiger partial charge in [-0.3, -0.25) is 4.79 Å². The number of hydrogen-bond acceptors (Lipinski definition) is 3. The number of hydrogen-bond donors (Lipinski definition) is 1. The molecule has 1 fully saturated rings. The molecule has 0 aromatic heterocycles. The van der Waals surface area contributed by atoms with Gasteiger partial charge < -0.3 is 10.5 Å². The van der Waals surface area contributed by atoms with Gasteiger partial charge in [0, 0.05) is 6.42 Å². The fourth-order valence-electron chi connectivity index (χ4n) is 2.12. The summed E-state index contributed by atoms with van der Waals surface area (Å²) < 4.78 is 5.30. The molecule has 1 atom stereocenters. The van der Waals surface area contributed by atoms with E-state index >= 15 is 0 Å². The lowest BCUT2D eigenvalue weighted by Gasteiger charge is -2.21. The van der Waals surface area contributed by atoms with E-state index in [0.717, 1.165) is 6.42 Å². The van der Waals surface area contributed by atoms with Crippen molar-refractivity contribution in [1.29, 1.82) is 0 Å². The Morgan fingerprint density at radius 3 is 2.69 bits per heavy atom. The highest BCUT2D eigenvalue weighted by Gasteiger charge is 2.15. The van der Waals surface area contributed by atoms with Crippen molar-refractivity contribution in [3.63, 3.8) is 0 Å². The van der Waals surface area contributed by atoms with Crippen molar-refractivity contribution >= 4 is 5.97 Å². The Bertz CT molecular complexity index is 200. The minimum absolute atomic E-state index is 0.0501. The van der Waals surface area contributed by atoms with Gasteiger partial charge in [-0.05, 0) is 37.6 Å². The highest BCUT2D eigenvalue weighted by atomic mass is 16.5. The molecule has 0 spiro atoms. The number of carbonyl (C=O) groups is 1. The second-order valence-corrected chi connectivity index (χ2v) is 5.07. The van der Waals surface area contributed by atoms with E-state index in [2.05, 4.69) is 6.92 Å². The number of esters is 1. The Kier molecular flexibility index (Phi) is 6.46. The standard InChI is InChI=1S/C13H25NO2/c1-11(9-14)7-8-13(15)16-10-12-5-3-2-4-6-12/h11-12H,2-10,14H2,1H3. The third-order valence-electron chi connectivity index (χ3n) is 3.45. The molecule has 0 amide bonds. The molecule has 94 valence electrons. The zero-order chi connectivity index (χ0) is 11.8. The molecule has 1 aliphatic rings. The predicted molar refractivity (Wildman–Crippen MR) is 65.0 cm³/mol. The molecular formula is C13H25NO2. The molecule has 0 aromatic carbocycles. The summed E-state index contributed by atoms with van der Waals surface area (Å²) in [5, 5.41) is 0. The first-order chi connectivity index (χ1) is 7.72. The van der Waals surface area contributed by atoms with Gasteiger partial charge in [-0.25, -0.2) is 0 Å². The Morgan fingerprint density at radius 2 is 2.06 bits per heavy atom. The van der Waals surface area contributed by atoms with Crippen LogP contribution in [-0.2, 0) is 9.53 Å². The van der Waals surface area contributed by atoms with Gasteiger partial charge in [-0.15, -0.1) is 0 Å². The lowest BCUT2D eigenvalue weighted by atomic mass is 9.90. The Labute approximate surface area is 98.7 Å². The molecule has 0 aliphatic heterocycles. The Balaban J connectivity index is 2.05. The van der Waals surface area contributed by atoms with E-state index in [1.807, 2.05) is 0 Å². The summed E-state index contributed by atoms with van der Waals surface area (Å²) in [7, 11) is 0. The zero-order valence-electron chi connectivity index (χ0n) is 10.4. The van der Waals surface area contributed by atoms with E-state index in [-0.39, 0.29) is 5.97 Å². The number of nitrogens with two attached hydrogens (primary N) is 1. The van der Waals surface area contributed by atoms with Gasteiger partial charge in [0.25, 0.3) is 0 Å². The van der Waals surface area contributed by atoms with Gasteiger partial charge in [-0.1, -0.05) is 26.2 Å². The number of rotatable bonds is 6. The van der Waals surface area contributed by atoms with E-state index in [4.69, 9.17) is 10.5 Å². The van der Waals surface area contributed by atoms with E-state index in [1.54, 1.807) is 0 Å². The van der Waals surface area contributed by atoms with Crippen molar-refractivity contribution in [2.45, 2.75) is 51.9 Å². The smallest absolute Gasteiger partial charge is 0.305 e. The molecule has 2 N–H and O–H groups in total. The average molecular weight is 227 g/mol. The molecule has 1 aliphatic carbocycles. The maximum Gasteiger partial charge on any atom is 0.305 e. The van der Waals surface area contributed by atoms with Crippen molar-refractivity contribution in [2.75, 3.05) is 13.2 Å². The van der Waals surface area contributed by atoms with E-state index in [1.165, 1.54) is 32.1 Å². The second-order valence-electron chi connectivity index (χ2n) is 5.07. The van der Waals surface area contributed by atoms with Crippen molar-refractivity contribution in [3.8, 4) is 0 Å². The van der Waals surface area contributed by atoms with Gasteiger partial charge >= 0.3 is 5.97 Å². The average Bonchev–Trinajstić information content (AvgIpc) is 2.34. The van der Waals surface area contributed by atoms with Crippen LogP contribution >= 0.6 is 0 Å². The van der Waals surface area contributed by atoms with Crippen LogP contribution in [-0.4, -0.2) is 19.1 Å². The fraction of sp³-hybridized carbons (Fsp3) is 0.923. The molecule has 0 aromatic rings. The SMILES string of the molecule is CC(CN)CCC(=O)OCC1CCCCC1. The molecule has 0 radical (unpaired) electrons. The normalized spacial score (nSPS) is 19.4. The topological polar surface area (TPSA) is 52.3 Å². The number of carbonyl (C=O) groups excluding carboxylic acids is 1. The molecule has 1 saturated carbocycles. The van der Waals surface area contributed by atoms with Crippen LogP contribution in [0.3, 0.4) is 0 Å². The van der Waals surface area contributed by atoms with Crippen LogP contribution in [0.1, 0.15) is 51.9 Å². The zero-order valence-corrected chi connectivity index (χ0v) is 10.4. The summed E-state index contributed by atoms with van der Waals surface area (Å²) in [5.74, 6) is 0.984. The van der Waals surface area contributed by atoms with E-state index in [9.17, 15) is 4.79 Å². The lowest BCUT2D eigenvalue weighted by molar-refractivity contribution is -0.145. The van der Waals surface area contributed by atoms with Crippen LogP contribution in [0.5, 0.6) is 0 Å². The van der Waals surface area contributed by atoms with Crippen molar-refractivity contribution < 1.29 is 9.53 Å². The van der Waals surface area contributed by atoms with E-state index in [0.29, 0.717) is 31.4 Å². The quantitative estimate of drug-likeness (QED) is 0.709. The summed E-state index contributed by atoms with van der Waals surface area (Å²) in [6.07, 6.45) is 7.77. The molecule has 3 nitrogen and oxygen atoms in total. The molecule has 16 heavy (non-hydrogen) atoms. The maximum atomic E-state index is 11.4. The van der Waals surface area contributed by atoms with Gasteiger partial charge in [0.1, 0.15) is 0 Å². The van der Waals surface area contributed by atoms with Crippen molar-refractivity contribution in [2.24, 2.45) is 17.6 Å². The molecule has 0 heterocycles. The Hall–Kier alpha value is -0.570. The predicted octanol–water partition coefficient (Wildman–Crippen LogP) is 2.48. The summed E-state index contributed by atoms with van der Waals surface area (Å²) in [4.78, 5) is 11.4. The number of ether oxygens (including phenoxy) is 1. The molecule has 1 unspecified atom stereocenters. The fourth-order valence-corrected chi connectivity index (χ4v) is 2.12. The van der Waals surface area contributed by atoms with Crippen LogP contribution in [0.25, 0.3) is 0 Å². The van der Waals surface area contributed by atoms with Gasteiger partial charge in [0.2, 0.25) is 0 Å². The monoisotopic (exact) mass is 227 g/mol. The lowest BCUT2D eigenvalue weighted by Crippen LogP contribution is -2.18. The molecule has 1 rings (SSSR count). The third kappa shape index (κ3) is 5.50. The molecule has 0 saturated heterocycles. The minimum atomic E-state index is -0.0501. The highest BCUT2D eigenvalue weighted by molar-refractivity contribution is 5.69. The van der Waals surface area contributed by atoms with Crippen LogP contribution in [0, 0.1) is 11.8 Å². The van der Waals surface area contributed by atoms with Crippen LogP contribution in [0.4, 0.5) is 0 Å².